The van der Waals surface area contributed by atoms with Crippen molar-refractivity contribution in [2.24, 2.45) is 12.8 Å². The number of carbonyl (C=O) groups excluding carboxylic acids is 1. The molecule has 0 fully saturated rings. The van der Waals surface area contributed by atoms with Gasteiger partial charge in [-0.05, 0) is 23.8 Å². The maximum absolute atomic E-state index is 12.3. The molecule has 8 heteroatoms. The highest BCUT2D eigenvalue weighted by Crippen LogP contribution is 2.19. The summed E-state index contributed by atoms with van der Waals surface area (Å²) in [6.07, 6.45) is 1.30. The molecule has 0 unspecified atom stereocenters. The Bertz CT molecular complexity index is 780. The number of hydrogen-bond acceptors (Lipinski definition) is 4. The van der Waals surface area contributed by atoms with Gasteiger partial charge < -0.3 is 15.4 Å². The molecule has 112 valence electrons. The number of aromatic nitrogens is 1. The molecule has 0 bridgehead atoms. The maximum Gasteiger partial charge on any atom is 0.265 e. The molecule has 0 saturated heterocycles. The second kappa shape index (κ2) is 5.58. The summed E-state index contributed by atoms with van der Waals surface area (Å²) in [6, 6.07) is 7.60. The van der Waals surface area contributed by atoms with Crippen molar-refractivity contribution in [3.8, 4) is 0 Å². The summed E-state index contributed by atoms with van der Waals surface area (Å²) >= 11 is 0. The molecule has 2 aromatic rings. The summed E-state index contributed by atoms with van der Waals surface area (Å²) in [5.41, 5.74) is 6.16. The van der Waals surface area contributed by atoms with Gasteiger partial charge in [0.25, 0.3) is 15.9 Å². The molecule has 1 aromatic carbocycles. The van der Waals surface area contributed by atoms with Crippen molar-refractivity contribution >= 4 is 21.6 Å². The van der Waals surface area contributed by atoms with Crippen LogP contribution in [0.5, 0.6) is 0 Å². The highest BCUT2D eigenvalue weighted by Gasteiger charge is 2.19. The van der Waals surface area contributed by atoms with Crippen molar-refractivity contribution in [1.29, 1.82) is 0 Å². The molecule has 1 amide bonds. The first-order valence-corrected chi connectivity index (χ1v) is 7.50. The number of amides is 1. The van der Waals surface area contributed by atoms with Crippen LogP contribution in [-0.2, 0) is 23.7 Å². The number of nitrogens with one attached hydrogen (secondary N) is 1. The molecule has 1 heterocycles. The molecule has 0 saturated carbocycles. The van der Waals surface area contributed by atoms with E-state index in [1.165, 1.54) is 29.9 Å². The number of rotatable bonds is 5. The predicted molar refractivity (Wildman–Crippen MR) is 77.1 cm³/mol. The van der Waals surface area contributed by atoms with Crippen LogP contribution in [0.25, 0.3) is 0 Å². The van der Waals surface area contributed by atoms with Gasteiger partial charge in [0.05, 0.1) is 6.61 Å². The van der Waals surface area contributed by atoms with Crippen LogP contribution in [0.1, 0.15) is 16.1 Å². The number of aliphatic hydroxyl groups is 1. The summed E-state index contributed by atoms with van der Waals surface area (Å²) in [4.78, 5) is 11.1. The lowest BCUT2D eigenvalue weighted by molar-refractivity contribution is 0.0992. The molecular weight excluding hydrogens is 294 g/mol. The zero-order chi connectivity index (χ0) is 15.6. The summed E-state index contributed by atoms with van der Waals surface area (Å²) in [6.45, 7) is -0.188. The third-order valence-corrected chi connectivity index (χ3v) is 4.25. The molecule has 0 aliphatic carbocycles. The first-order chi connectivity index (χ1) is 9.83. The van der Waals surface area contributed by atoms with E-state index in [-0.39, 0.29) is 17.2 Å². The van der Waals surface area contributed by atoms with Gasteiger partial charge in [-0.15, -0.1) is 0 Å². The fourth-order valence-electron chi connectivity index (χ4n) is 1.87. The SMILES string of the molecule is Cn1cc(S(=O)(=O)Nc2cccc(CO)c2)cc1C(N)=O. The second-order valence-electron chi connectivity index (χ2n) is 4.50. The van der Waals surface area contributed by atoms with E-state index in [1.54, 1.807) is 18.2 Å². The third-order valence-electron chi connectivity index (χ3n) is 2.90. The van der Waals surface area contributed by atoms with E-state index < -0.39 is 15.9 Å². The van der Waals surface area contributed by atoms with Crippen molar-refractivity contribution in [3.63, 3.8) is 0 Å². The van der Waals surface area contributed by atoms with Crippen LogP contribution in [0.4, 0.5) is 5.69 Å². The number of carbonyl (C=O) groups is 1. The number of nitrogens with zero attached hydrogens (tertiary/aromatic N) is 1. The largest absolute Gasteiger partial charge is 0.392 e. The van der Waals surface area contributed by atoms with Crippen LogP contribution in [0.2, 0.25) is 0 Å². The molecule has 1 aromatic heterocycles. The summed E-state index contributed by atoms with van der Waals surface area (Å²) in [5.74, 6) is -0.707. The molecule has 0 aliphatic rings. The highest BCUT2D eigenvalue weighted by molar-refractivity contribution is 7.92. The van der Waals surface area contributed by atoms with Gasteiger partial charge >= 0.3 is 0 Å². The van der Waals surface area contributed by atoms with Gasteiger partial charge in [-0.3, -0.25) is 9.52 Å². The predicted octanol–water partition coefficient (Wildman–Crippen LogP) is 0.417. The lowest BCUT2D eigenvalue weighted by atomic mass is 10.2. The Morgan fingerprint density at radius 3 is 2.67 bits per heavy atom. The lowest BCUT2D eigenvalue weighted by Crippen LogP contribution is -2.14. The van der Waals surface area contributed by atoms with Crippen molar-refractivity contribution in [1.82, 2.24) is 4.57 Å². The molecule has 0 radical (unpaired) electrons. The Kier molecular flexibility index (Phi) is 4.01. The molecule has 0 spiro atoms. The topological polar surface area (TPSA) is 114 Å². The van der Waals surface area contributed by atoms with E-state index in [2.05, 4.69) is 4.72 Å². The van der Waals surface area contributed by atoms with Crippen LogP contribution < -0.4 is 10.5 Å². The number of nitrogens with two attached hydrogens (primary N) is 1. The number of anilines is 1. The molecule has 0 aliphatic heterocycles. The maximum atomic E-state index is 12.3. The fourth-order valence-corrected chi connectivity index (χ4v) is 2.99. The van der Waals surface area contributed by atoms with E-state index in [1.807, 2.05) is 0 Å². The highest BCUT2D eigenvalue weighted by atomic mass is 32.2. The summed E-state index contributed by atoms with van der Waals surface area (Å²) in [7, 11) is -2.30. The summed E-state index contributed by atoms with van der Waals surface area (Å²) in [5, 5.41) is 9.05. The normalized spacial score (nSPS) is 11.3. The smallest absolute Gasteiger partial charge is 0.265 e. The lowest BCUT2D eigenvalue weighted by Gasteiger charge is -2.07. The van der Waals surface area contributed by atoms with Crippen LogP contribution in [0.15, 0.2) is 41.4 Å². The van der Waals surface area contributed by atoms with Gasteiger partial charge in [0.2, 0.25) is 0 Å². The molecule has 2 rings (SSSR count). The minimum Gasteiger partial charge on any atom is -0.392 e. The Hall–Kier alpha value is -2.32. The number of aliphatic hydroxyl groups excluding tert-OH is 1. The number of aryl methyl sites for hydroxylation is 1. The van der Waals surface area contributed by atoms with Crippen molar-refractivity contribution in [2.45, 2.75) is 11.5 Å². The van der Waals surface area contributed by atoms with E-state index >= 15 is 0 Å². The van der Waals surface area contributed by atoms with Gasteiger partial charge in [-0.25, -0.2) is 8.42 Å². The second-order valence-corrected chi connectivity index (χ2v) is 6.18. The molecule has 21 heavy (non-hydrogen) atoms. The van der Waals surface area contributed by atoms with Crippen LogP contribution in [0, 0.1) is 0 Å². The number of benzene rings is 1. The van der Waals surface area contributed by atoms with Gasteiger partial charge in [0, 0.05) is 18.9 Å². The molecule has 4 N–H and O–H groups in total. The Morgan fingerprint density at radius 1 is 1.38 bits per heavy atom. The zero-order valence-corrected chi connectivity index (χ0v) is 12.1. The first kappa shape index (κ1) is 15.1. The Balaban J connectivity index is 2.34. The fraction of sp³-hybridized carbons (Fsp3) is 0.154. The van der Waals surface area contributed by atoms with Crippen molar-refractivity contribution < 1.29 is 18.3 Å². The van der Waals surface area contributed by atoms with Gasteiger partial charge in [-0.2, -0.15) is 0 Å². The third kappa shape index (κ3) is 3.23. The number of hydrogen-bond donors (Lipinski definition) is 3. The van der Waals surface area contributed by atoms with Crippen molar-refractivity contribution in [2.75, 3.05) is 4.72 Å². The van der Waals surface area contributed by atoms with Gasteiger partial charge in [0.1, 0.15) is 10.6 Å². The quantitative estimate of drug-likeness (QED) is 0.742. The molecule has 7 nitrogen and oxygen atoms in total. The number of sulfonamides is 1. The van der Waals surface area contributed by atoms with E-state index in [9.17, 15) is 13.2 Å². The monoisotopic (exact) mass is 309 g/mol. The van der Waals surface area contributed by atoms with Crippen LogP contribution >= 0.6 is 0 Å². The minimum absolute atomic E-state index is 0.0619. The number of primary amides is 1. The summed E-state index contributed by atoms with van der Waals surface area (Å²) < 4.78 is 28.2. The molecule has 0 atom stereocenters. The van der Waals surface area contributed by atoms with E-state index in [0.29, 0.717) is 11.3 Å². The Morgan fingerprint density at radius 2 is 2.10 bits per heavy atom. The average Bonchev–Trinajstić information content (AvgIpc) is 2.81. The average molecular weight is 309 g/mol. The van der Waals surface area contributed by atoms with Crippen LogP contribution in [-0.4, -0.2) is 24.0 Å². The van der Waals surface area contributed by atoms with E-state index in [4.69, 9.17) is 10.8 Å². The zero-order valence-electron chi connectivity index (χ0n) is 11.3. The van der Waals surface area contributed by atoms with Gasteiger partial charge in [0.15, 0.2) is 0 Å². The molecular formula is C13H15N3O4S. The first-order valence-electron chi connectivity index (χ1n) is 6.02. The standard InChI is InChI=1S/C13H15N3O4S/c1-16-7-11(6-12(16)13(14)18)21(19,20)15-10-4-2-3-9(5-10)8-17/h2-7,15,17H,8H2,1H3,(H2,14,18). The van der Waals surface area contributed by atoms with Crippen molar-refractivity contribution in [3.05, 3.63) is 47.8 Å². The van der Waals surface area contributed by atoms with Crippen LogP contribution in [0.3, 0.4) is 0 Å². The Labute approximate surface area is 122 Å². The minimum atomic E-state index is -3.83. The van der Waals surface area contributed by atoms with Gasteiger partial charge in [-0.1, -0.05) is 12.1 Å². The van der Waals surface area contributed by atoms with E-state index in [0.717, 1.165) is 0 Å².